The molecule has 1 aliphatic rings. The van der Waals surface area contributed by atoms with E-state index in [0.29, 0.717) is 18.7 Å². The third-order valence-electron chi connectivity index (χ3n) is 3.47. The van der Waals surface area contributed by atoms with Crippen LogP contribution in [-0.4, -0.2) is 24.3 Å². The number of carbonyl (C=O) groups is 1. The van der Waals surface area contributed by atoms with Crippen LogP contribution in [-0.2, 0) is 9.63 Å². The molecule has 0 radical (unpaired) electrons. The Balaban J connectivity index is 1.75. The van der Waals surface area contributed by atoms with Crippen molar-refractivity contribution in [3.05, 3.63) is 35.6 Å². The van der Waals surface area contributed by atoms with Gasteiger partial charge in [0.05, 0.1) is 5.71 Å². The predicted molar refractivity (Wildman–Crippen MR) is 79.6 cm³/mol. The molecule has 1 aromatic carbocycles. The number of benzene rings is 1. The Bertz CT molecular complexity index is 500. The van der Waals surface area contributed by atoms with Crippen molar-refractivity contribution in [2.24, 2.45) is 5.16 Å². The van der Waals surface area contributed by atoms with Crippen LogP contribution in [0.25, 0.3) is 0 Å². The van der Waals surface area contributed by atoms with E-state index in [2.05, 4.69) is 17.4 Å². The maximum absolute atomic E-state index is 12.9. The first-order valence-electron chi connectivity index (χ1n) is 7.47. The molecular formula is C16H21FN2O2. The zero-order valence-corrected chi connectivity index (χ0v) is 12.3. The van der Waals surface area contributed by atoms with Crippen molar-refractivity contribution in [2.45, 2.75) is 45.1 Å². The van der Waals surface area contributed by atoms with Crippen LogP contribution in [0.15, 0.2) is 29.4 Å². The number of carbonyl (C=O) groups excluding carboxylic acids is 1. The van der Waals surface area contributed by atoms with Crippen LogP contribution in [0.2, 0.25) is 0 Å². The topological polar surface area (TPSA) is 50.7 Å². The SMILES string of the molecule is CCCCCCNC(=O)[C@@H]1CC(c2ccc(F)cc2)=NO1. The summed E-state index contributed by atoms with van der Waals surface area (Å²) in [6.45, 7) is 2.82. The molecule has 4 nitrogen and oxygen atoms in total. The van der Waals surface area contributed by atoms with Gasteiger partial charge in [-0.15, -0.1) is 0 Å². The van der Waals surface area contributed by atoms with Gasteiger partial charge in [-0.25, -0.2) is 4.39 Å². The van der Waals surface area contributed by atoms with E-state index >= 15 is 0 Å². The number of hydrogen-bond acceptors (Lipinski definition) is 3. The van der Waals surface area contributed by atoms with Crippen molar-refractivity contribution >= 4 is 11.6 Å². The molecule has 0 bridgehead atoms. The van der Waals surface area contributed by atoms with Gasteiger partial charge in [0.25, 0.3) is 5.91 Å². The fraction of sp³-hybridized carbons (Fsp3) is 0.500. The molecule has 1 aromatic rings. The number of unbranched alkanes of at least 4 members (excludes halogenated alkanes) is 3. The second-order valence-electron chi connectivity index (χ2n) is 5.19. The minimum absolute atomic E-state index is 0.132. The number of amides is 1. The van der Waals surface area contributed by atoms with Crippen molar-refractivity contribution in [2.75, 3.05) is 6.54 Å². The summed E-state index contributed by atoms with van der Waals surface area (Å²) < 4.78 is 12.9. The Labute approximate surface area is 124 Å². The second kappa shape index (κ2) is 7.76. The summed E-state index contributed by atoms with van der Waals surface area (Å²) in [7, 11) is 0. The van der Waals surface area contributed by atoms with Gasteiger partial charge in [-0.3, -0.25) is 4.79 Å². The van der Waals surface area contributed by atoms with Gasteiger partial charge in [-0.2, -0.15) is 0 Å². The van der Waals surface area contributed by atoms with Crippen molar-refractivity contribution in [1.82, 2.24) is 5.32 Å². The van der Waals surface area contributed by atoms with Gasteiger partial charge in [0.15, 0.2) is 0 Å². The van der Waals surface area contributed by atoms with E-state index in [4.69, 9.17) is 4.84 Å². The fourth-order valence-electron chi connectivity index (χ4n) is 2.21. The quantitative estimate of drug-likeness (QED) is 0.785. The van der Waals surface area contributed by atoms with Crippen LogP contribution in [0.1, 0.15) is 44.6 Å². The third-order valence-corrected chi connectivity index (χ3v) is 3.47. The van der Waals surface area contributed by atoms with Gasteiger partial charge in [0, 0.05) is 13.0 Å². The minimum atomic E-state index is -0.573. The summed E-state index contributed by atoms with van der Waals surface area (Å²) in [5.41, 5.74) is 1.47. The minimum Gasteiger partial charge on any atom is -0.382 e. The monoisotopic (exact) mass is 292 g/mol. The van der Waals surface area contributed by atoms with E-state index in [1.807, 2.05) is 0 Å². The first kappa shape index (κ1) is 15.5. The molecule has 114 valence electrons. The number of nitrogens with one attached hydrogen (secondary N) is 1. The molecule has 0 aliphatic carbocycles. The molecule has 1 aliphatic heterocycles. The lowest BCUT2D eigenvalue weighted by Crippen LogP contribution is -2.35. The van der Waals surface area contributed by atoms with Gasteiger partial charge in [0.1, 0.15) is 5.82 Å². The Morgan fingerprint density at radius 3 is 2.81 bits per heavy atom. The summed E-state index contributed by atoms with van der Waals surface area (Å²) >= 11 is 0. The van der Waals surface area contributed by atoms with Crippen LogP contribution >= 0.6 is 0 Å². The Kier molecular flexibility index (Phi) is 5.72. The molecule has 2 rings (SSSR count). The van der Waals surface area contributed by atoms with E-state index in [0.717, 1.165) is 18.4 Å². The number of halogens is 1. The number of hydrogen-bond donors (Lipinski definition) is 1. The molecule has 1 heterocycles. The van der Waals surface area contributed by atoms with Crippen LogP contribution < -0.4 is 5.32 Å². The smallest absolute Gasteiger partial charge is 0.264 e. The average molecular weight is 292 g/mol. The molecule has 1 N–H and O–H groups in total. The standard InChI is InChI=1S/C16H21FN2O2/c1-2-3-4-5-10-18-16(20)15-11-14(19-21-15)12-6-8-13(17)9-7-12/h6-9,15H,2-5,10-11H2,1H3,(H,18,20)/t15-/m0/s1. The van der Waals surface area contributed by atoms with Crippen molar-refractivity contribution in [1.29, 1.82) is 0 Å². The molecule has 0 aromatic heterocycles. The molecular weight excluding hydrogens is 271 g/mol. The number of rotatable bonds is 7. The molecule has 0 unspecified atom stereocenters. The maximum atomic E-state index is 12.9. The second-order valence-corrected chi connectivity index (χ2v) is 5.19. The molecule has 21 heavy (non-hydrogen) atoms. The molecule has 0 spiro atoms. The van der Waals surface area contributed by atoms with E-state index in [-0.39, 0.29) is 11.7 Å². The summed E-state index contributed by atoms with van der Waals surface area (Å²) in [5.74, 6) is -0.424. The first-order chi connectivity index (χ1) is 10.2. The molecule has 5 heteroatoms. The van der Waals surface area contributed by atoms with Crippen LogP contribution in [0.3, 0.4) is 0 Å². The summed E-state index contributed by atoms with van der Waals surface area (Å²) in [6, 6.07) is 6.03. The van der Waals surface area contributed by atoms with E-state index in [1.54, 1.807) is 12.1 Å². The highest BCUT2D eigenvalue weighted by Gasteiger charge is 2.28. The Hall–Kier alpha value is -1.91. The maximum Gasteiger partial charge on any atom is 0.264 e. The lowest BCUT2D eigenvalue weighted by Gasteiger charge is -2.09. The summed E-state index contributed by atoms with van der Waals surface area (Å²) in [4.78, 5) is 17.1. The molecule has 0 saturated carbocycles. The molecule has 0 saturated heterocycles. The first-order valence-corrected chi connectivity index (χ1v) is 7.47. The number of oxime groups is 1. The lowest BCUT2D eigenvalue weighted by molar-refractivity contribution is -0.131. The molecule has 0 fully saturated rings. The zero-order chi connectivity index (χ0) is 15.1. The van der Waals surface area contributed by atoms with Gasteiger partial charge < -0.3 is 10.2 Å². The predicted octanol–water partition coefficient (Wildman–Crippen LogP) is 3.02. The summed E-state index contributed by atoms with van der Waals surface area (Å²) in [5, 5.41) is 6.80. The van der Waals surface area contributed by atoms with Gasteiger partial charge in [-0.1, -0.05) is 43.5 Å². The van der Waals surface area contributed by atoms with Crippen LogP contribution in [0, 0.1) is 5.82 Å². The largest absolute Gasteiger partial charge is 0.382 e. The van der Waals surface area contributed by atoms with Crippen molar-refractivity contribution < 1.29 is 14.0 Å². The van der Waals surface area contributed by atoms with Gasteiger partial charge >= 0.3 is 0 Å². The average Bonchev–Trinajstić information content (AvgIpc) is 2.97. The highest BCUT2D eigenvalue weighted by molar-refractivity contribution is 6.04. The Morgan fingerprint density at radius 1 is 1.33 bits per heavy atom. The van der Waals surface area contributed by atoms with E-state index in [9.17, 15) is 9.18 Å². The van der Waals surface area contributed by atoms with Gasteiger partial charge in [0.2, 0.25) is 6.10 Å². The zero-order valence-electron chi connectivity index (χ0n) is 12.3. The highest BCUT2D eigenvalue weighted by atomic mass is 19.1. The van der Waals surface area contributed by atoms with Gasteiger partial charge in [-0.05, 0) is 24.1 Å². The van der Waals surface area contributed by atoms with E-state index in [1.165, 1.54) is 25.0 Å². The third kappa shape index (κ3) is 4.55. The van der Waals surface area contributed by atoms with Crippen LogP contribution in [0.4, 0.5) is 4.39 Å². The molecule has 1 atom stereocenters. The number of nitrogens with zero attached hydrogens (tertiary/aromatic N) is 1. The molecule has 1 amide bonds. The van der Waals surface area contributed by atoms with Crippen molar-refractivity contribution in [3.8, 4) is 0 Å². The fourth-order valence-corrected chi connectivity index (χ4v) is 2.21. The normalized spacial score (nSPS) is 17.2. The summed E-state index contributed by atoms with van der Waals surface area (Å²) in [6.07, 6.45) is 4.32. The highest BCUT2D eigenvalue weighted by Crippen LogP contribution is 2.17. The van der Waals surface area contributed by atoms with Crippen molar-refractivity contribution in [3.63, 3.8) is 0 Å². The Morgan fingerprint density at radius 2 is 2.10 bits per heavy atom. The lowest BCUT2D eigenvalue weighted by atomic mass is 10.0. The van der Waals surface area contributed by atoms with E-state index < -0.39 is 6.10 Å². The van der Waals surface area contributed by atoms with Crippen LogP contribution in [0.5, 0.6) is 0 Å².